The van der Waals surface area contributed by atoms with E-state index in [0.29, 0.717) is 28.9 Å². The van der Waals surface area contributed by atoms with E-state index in [9.17, 15) is 18.8 Å². The molecule has 33 heavy (non-hydrogen) atoms. The molecule has 10 nitrogen and oxygen atoms in total. The Kier molecular flexibility index (Phi) is 4.96. The Labute approximate surface area is 189 Å². The van der Waals surface area contributed by atoms with Crippen LogP contribution in [0.25, 0.3) is 22.3 Å². The monoisotopic (exact) mass is 461 g/mol. The van der Waals surface area contributed by atoms with Gasteiger partial charge in [0.1, 0.15) is 0 Å². The third-order valence-corrected chi connectivity index (χ3v) is 7.34. The first-order valence-corrected chi connectivity index (χ1v) is 11.6. The maximum Gasteiger partial charge on any atom is 0.269 e. The fourth-order valence-electron chi connectivity index (χ4n) is 4.09. The number of aliphatic hydroxyl groups excluding tert-OH is 1. The molecule has 0 spiro atoms. The fraction of sp³-hybridized carbons (Fsp3) is 0.182. The number of fused-ring (bicyclic) bond motifs is 1. The van der Waals surface area contributed by atoms with Crippen LogP contribution >= 0.6 is 0 Å². The highest BCUT2D eigenvalue weighted by atomic mass is 32.2. The largest absolute Gasteiger partial charge is 0.390 e. The lowest BCUT2D eigenvalue weighted by molar-refractivity contribution is 0.171. The average molecular weight is 462 g/mol. The van der Waals surface area contributed by atoms with E-state index in [4.69, 9.17) is 5.73 Å². The van der Waals surface area contributed by atoms with Crippen LogP contribution in [-0.2, 0) is 10.0 Å². The summed E-state index contributed by atoms with van der Waals surface area (Å²) in [5.41, 5.74) is 7.57. The maximum absolute atomic E-state index is 13.5. The highest BCUT2D eigenvalue weighted by Crippen LogP contribution is 2.39. The number of benzene rings is 1. The first-order valence-electron chi connectivity index (χ1n) is 10.1. The second-order valence-corrected chi connectivity index (χ2v) is 9.51. The number of nitriles is 1. The summed E-state index contributed by atoms with van der Waals surface area (Å²) in [4.78, 5) is 14.6. The molecular formula is C22H19N7O3S. The molecule has 0 radical (unpaired) electrons. The Morgan fingerprint density at radius 2 is 1.85 bits per heavy atom. The molecule has 5 rings (SSSR count). The Morgan fingerprint density at radius 3 is 2.55 bits per heavy atom. The van der Waals surface area contributed by atoms with Gasteiger partial charge >= 0.3 is 0 Å². The molecule has 1 aliphatic heterocycles. The second-order valence-electron chi connectivity index (χ2n) is 7.69. The minimum Gasteiger partial charge on any atom is -0.390 e. The van der Waals surface area contributed by atoms with Crippen molar-refractivity contribution in [1.82, 2.24) is 18.9 Å². The molecule has 4 aromatic rings. The first-order chi connectivity index (χ1) is 15.9. The number of hydrogen-bond donors (Lipinski definition) is 2. The van der Waals surface area contributed by atoms with Crippen molar-refractivity contribution in [2.75, 3.05) is 23.7 Å². The van der Waals surface area contributed by atoms with E-state index in [1.807, 2.05) is 4.90 Å². The van der Waals surface area contributed by atoms with Crippen molar-refractivity contribution in [2.24, 2.45) is 5.92 Å². The van der Waals surface area contributed by atoms with Crippen LogP contribution in [-0.4, -0.2) is 51.6 Å². The number of rotatable bonds is 4. The molecule has 4 heterocycles. The smallest absolute Gasteiger partial charge is 0.269 e. The van der Waals surface area contributed by atoms with Crippen LogP contribution in [0.1, 0.15) is 0 Å². The van der Waals surface area contributed by atoms with Gasteiger partial charge in [0.25, 0.3) is 10.0 Å². The predicted molar refractivity (Wildman–Crippen MR) is 122 cm³/mol. The summed E-state index contributed by atoms with van der Waals surface area (Å²) < 4.78 is 28.2. The molecule has 3 N–H and O–H groups in total. The van der Waals surface area contributed by atoms with Gasteiger partial charge in [-0.05, 0) is 24.3 Å². The molecule has 0 aliphatic carbocycles. The highest BCUT2D eigenvalue weighted by Gasteiger charge is 2.34. The number of aliphatic hydroxyl groups is 1. The summed E-state index contributed by atoms with van der Waals surface area (Å²) in [6.07, 6.45) is 3.67. The first kappa shape index (κ1) is 20.9. The van der Waals surface area contributed by atoms with Crippen LogP contribution < -0.4 is 10.6 Å². The minimum absolute atomic E-state index is 0.0471. The standard InChI is InChI=1S/C22H19N7O3S/c23-10-14-11-28(13-19(14)30)18-7-9-25-21-20(18)16(17-6-8-26-22(24)27-17)12-29(21)33(31,32)15-4-2-1-3-5-15/h1-9,12,14,19,30H,11,13H2,(H2,24,26,27)/t14-,19-/m0/s1. The quantitative estimate of drug-likeness (QED) is 0.462. The molecule has 1 aliphatic rings. The van der Waals surface area contributed by atoms with Gasteiger partial charge in [-0.15, -0.1) is 0 Å². The van der Waals surface area contributed by atoms with Crippen molar-refractivity contribution in [3.8, 4) is 17.3 Å². The van der Waals surface area contributed by atoms with Gasteiger partial charge in [-0.25, -0.2) is 27.3 Å². The van der Waals surface area contributed by atoms with E-state index in [-0.39, 0.29) is 23.0 Å². The van der Waals surface area contributed by atoms with Crippen LogP contribution in [0.15, 0.2) is 66.0 Å². The van der Waals surface area contributed by atoms with E-state index in [1.54, 1.807) is 30.3 Å². The third-order valence-electron chi connectivity index (χ3n) is 5.68. The molecule has 1 saturated heterocycles. The van der Waals surface area contributed by atoms with E-state index in [0.717, 1.165) is 3.97 Å². The van der Waals surface area contributed by atoms with Crippen molar-refractivity contribution < 1.29 is 13.5 Å². The Hall–Kier alpha value is -4.01. The lowest BCUT2D eigenvalue weighted by Gasteiger charge is -2.19. The molecule has 0 unspecified atom stereocenters. The van der Waals surface area contributed by atoms with E-state index >= 15 is 0 Å². The van der Waals surface area contributed by atoms with E-state index in [1.165, 1.54) is 30.7 Å². The van der Waals surface area contributed by atoms with Crippen molar-refractivity contribution in [2.45, 2.75) is 11.0 Å². The number of β-amino-alcohol motifs (C(OH)–C–C–N with tert-alkyl or cyclic N) is 1. The molecule has 0 saturated carbocycles. The number of hydrogen-bond acceptors (Lipinski definition) is 9. The van der Waals surface area contributed by atoms with Gasteiger partial charge in [0.2, 0.25) is 5.95 Å². The maximum atomic E-state index is 13.5. The van der Waals surface area contributed by atoms with Gasteiger partial charge in [0, 0.05) is 37.2 Å². The summed E-state index contributed by atoms with van der Waals surface area (Å²) in [6.45, 7) is 0.540. The zero-order valence-electron chi connectivity index (χ0n) is 17.3. The zero-order chi connectivity index (χ0) is 23.2. The normalized spacial score (nSPS) is 18.5. The number of aromatic nitrogens is 4. The fourth-order valence-corrected chi connectivity index (χ4v) is 5.43. The molecule has 11 heteroatoms. The zero-order valence-corrected chi connectivity index (χ0v) is 18.1. The van der Waals surface area contributed by atoms with Crippen molar-refractivity contribution in [3.05, 3.63) is 61.1 Å². The van der Waals surface area contributed by atoms with E-state index < -0.39 is 22.0 Å². The molecule has 0 amide bonds. The lowest BCUT2D eigenvalue weighted by atomic mass is 10.1. The van der Waals surface area contributed by atoms with Gasteiger partial charge in [-0.2, -0.15) is 5.26 Å². The lowest BCUT2D eigenvalue weighted by Crippen LogP contribution is -2.21. The topological polar surface area (TPSA) is 151 Å². The van der Waals surface area contributed by atoms with Gasteiger partial charge in [-0.3, -0.25) is 0 Å². The molecule has 1 aromatic carbocycles. The summed E-state index contributed by atoms with van der Waals surface area (Å²) in [6, 6.07) is 13.6. The number of anilines is 2. The summed E-state index contributed by atoms with van der Waals surface area (Å²) in [5, 5.41) is 20.2. The van der Waals surface area contributed by atoms with Gasteiger partial charge in [0.05, 0.1) is 39.8 Å². The van der Waals surface area contributed by atoms with Crippen molar-refractivity contribution in [3.63, 3.8) is 0 Å². The van der Waals surface area contributed by atoms with Crippen LogP contribution in [0, 0.1) is 17.2 Å². The minimum atomic E-state index is -3.97. The predicted octanol–water partition coefficient (Wildman–Crippen LogP) is 1.63. The molecule has 0 bridgehead atoms. The second kappa shape index (κ2) is 7.84. The van der Waals surface area contributed by atoms with Crippen LogP contribution in [0.5, 0.6) is 0 Å². The number of nitrogens with two attached hydrogens (primary N) is 1. The molecule has 3 aromatic heterocycles. The van der Waals surface area contributed by atoms with Crippen molar-refractivity contribution in [1.29, 1.82) is 5.26 Å². The summed E-state index contributed by atoms with van der Waals surface area (Å²) in [7, 11) is -3.97. The SMILES string of the molecule is N#C[C@H]1CN(c2ccnc3c2c(-c2ccnc(N)n2)cn3S(=O)(=O)c2ccccc2)C[C@@H]1O. The van der Waals surface area contributed by atoms with Gasteiger partial charge in [0.15, 0.2) is 5.65 Å². The summed E-state index contributed by atoms with van der Waals surface area (Å²) >= 11 is 0. The number of pyridine rings is 1. The summed E-state index contributed by atoms with van der Waals surface area (Å²) in [5.74, 6) is -0.507. The molecule has 166 valence electrons. The third kappa shape index (κ3) is 3.45. The van der Waals surface area contributed by atoms with Crippen LogP contribution in [0.3, 0.4) is 0 Å². The average Bonchev–Trinajstić information content (AvgIpc) is 3.40. The van der Waals surface area contributed by atoms with Crippen LogP contribution in [0.4, 0.5) is 11.6 Å². The Morgan fingerprint density at radius 1 is 1.09 bits per heavy atom. The van der Waals surface area contributed by atoms with Gasteiger partial charge in [-0.1, -0.05) is 18.2 Å². The Bertz CT molecular complexity index is 1500. The van der Waals surface area contributed by atoms with Gasteiger partial charge < -0.3 is 15.7 Å². The Balaban J connectivity index is 1.79. The molecular weight excluding hydrogens is 442 g/mol. The number of nitrogen functional groups attached to an aromatic ring is 1. The van der Waals surface area contributed by atoms with Crippen LogP contribution in [0.2, 0.25) is 0 Å². The molecule has 1 fully saturated rings. The highest BCUT2D eigenvalue weighted by molar-refractivity contribution is 7.90. The van der Waals surface area contributed by atoms with Crippen molar-refractivity contribution >= 4 is 32.7 Å². The number of nitrogens with zero attached hydrogens (tertiary/aromatic N) is 6. The van der Waals surface area contributed by atoms with E-state index in [2.05, 4.69) is 21.0 Å². The molecule has 2 atom stereocenters.